The van der Waals surface area contributed by atoms with Gasteiger partial charge < -0.3 is 21.7 Å². The van der Waals surface area contributed by atoms with Crippen molar-refractivity contribution in [1.82, 2.24) is 20.9 Å². The van der Waals surface area contributed by atoms with E-state index >= 15 is 0 Å². The summed E-state index contributed by atoms with van der Waals surface area (Å²) in [5.41, 5.74) is 9.49. The minimum Gasteiger partial charge on any atom is -0.384 e. The number of rotatable bonds is 8. The van der Waals surface area contributed by atoms with Crippen LogP contribution in [0, 0.1) is 12.8 Å². The molecule has 2 heterocycles. The summed E-state index contributed by atoms with van der Waals surface area (Å²) in [5, 5.41) is 10.7. The van der Waals surface area contributed by atoms with Crippen LogP contribution < -0.4 is 21.7 Å². The first-order chi connectivity index (χ1) is 13.2. The number of aryl methyl sites for hydroxylation is 1. The zero-order chi connectivity index (χ0) is 19.5. The van der Waals surface area contributed by atoms with Crippen LogP contribution in [0.15, 0.2) is 42.5 Å². The van der Waals surface area contributed by atoms with Crippen molar-refractivity contribution in [2.75, 3.05) is 31.9 Å². The van der Waals surface area contributed by atoms with E-state index in [0.717, 1.165) is 44.8 Å². The maximum atomic E-state index is 5.88. The summed E-state index contributed by atoms with van der Waals surface area (Å²) in [5.74, 6) is 1.18. The fraction of sp³-hybridized carbons (Fsp3) is 0.500. The Morgan fingerprint density at radius 2 is 1.89 bits per heavy atom. The van der Waals surface area contributed by atoms with Gasteiger partial charge in [-0.25, -0.2) is 4.98 Å². The summed E-state index contributed by atoms with van der Waals surface area (Å²) in [7, 11) is 0. The van der Waals surface area contributed by atoms with Gasteiger partial charge in [-0.05, 0) is 49.1 Å². The fourth-order valence-electron chi connectivity index (χ4n) is 3.50. The number of nitrogens with two attached hydrogens (primary N) is 1. The number of benzene rings is 1. The Morgan fingerprint density at radius 1 is 1.11 bits per heavy atom. The van der Waals surface area contributed by atoms with Crippen molar-refractivity contribution in [2.45, 2.75) is 39.8 Å². The van der Waals surface area contributed by atoms with Gasteiger partial charge in [0.25, 0.3) is 0 Å². The first-order valence-corrected chi connectivity index (χ1v) is 10.1. The summed E-state index contributed by atoms with van der Waals surface area (Å²) in [4.78, 5) is 4.49. The molecule has 2 atom stereocenters. The van der Waals surface area contributed by atoms with E-state index in [1.807, 2.05) is 19.9 Å². The van der Waals surface area contributed by atoms with Crippen LogP contribution >= 0.6 is 0 Å². The van der Waals surface area contributed by atoms with E-state index in [-0.39, 0.29) is 0 Å². The molecule has 0 saturated carbocycles. The molecule has 1 aliphatic heterocycles. The van der Waals surface area contributed by atoms with E-state index in [4.69, 9.17) is 5.73 Å². The summed E-state index contributed by atoms with van der Waals surface area (Å²) >= 11 is 0. The molecule has 0 aliphatic carbocycles. The maximum absolute atomic E-state index is 5.88. The largest absolute Gasteiger partial charge is 0.384 e. The average Bonchev–Trinajstić information content (AvgIpc) is 3.10. The lowest BCUT2D eigenvalue weighted by Crippen LogP contribution is -2.40. The molecule has 1 aliphatic rings. The Labute approximate surface area is 164 Å². The van der Waals surface area contributed by atoms with Crippen molar-refractivity contribution in [2.24, 2.45) is 5.92 Å². The Morgan fingerprint density at radius 3 is 2.63 bits per heavy atom. The van der Waals surface area contributed by atoms with E-state index in [1.165, 1.54) is 11.1 Å². The molecule has 0 radical (unpaired) electrons. The van der Waals surface area contributed by atoms with Crippen molar-refractivity contribution >= 4 is 5.82 Å². The quantitative estimate of drug-likeness (QED) is 0.538. The van der Waals surface area contributed by atoms with E-state index in [1.54, 1.807) is 0 Å². The first-order valence-electron chi connectivity index (χ1n) is 10.1. The minimum absolute atomic E-state index is 0.488. The second kappa shape index (κ2) is 11.7. The number of pyridine rings is 1. The van der Waals surface area contributed by atoms with Gasteiger partial charge in [0.15, 0.2) is 0 Å². The third-order valence-corrected chi connectivity index (χ3v) is 4.73. The van der Waals surface area contributed by atoms with E-state index in [2.05, 4.69) is 64.3 Å². The highest BCUT2D eigenvalue weighted by Gasteiger charge is 2.26. The molecule has 1 saturated heterocycles. The van der Waals surface area contributed by atoms with Crippen molar-refractivity contribution in [3.05, 3.63) is 59.3 Å². The normalized spacial score (nSPS) is 18.8. The Bertz CT molecular complexity index is 639. The van der Waals surface area contributed by atoms with Crippen LogP contribution in [0.3, 0.4) is 0 Å². The topological polar surface area (TPSA) is 75.0 Å². The van der Waals surface area contributed by atoms with E-state index in [0.29, 0.717) is 17.8 Å². The van der Waals surface area contributed by atoms with Crippen LogP contribution in [0.4, 0.5) is 5.82 Å². The van der Waals surface area contributed by atoms with E-state index < -0.39 is 0 Å². The van der Waals surface area contributed by atoms with Crippen LogP contribution in [0.1, 0.15) is 30.7 Å². The van der Waals surface area contributed by atoms with E-state index in [9.17, 15) is 0 Å². The molecule has 3 rings (SSSR count). The van der Waals surface area contributed by atoms with Crippen LogP contribution in [0.5, 0.6) is 0 Å². The zero-order valence-corrected chi connectivity index (χ0v) is 17.0. The Balaban J connectivity index is 0.00000126. The molecule has 5 heteroatoms. The number of aromatic nitrogens is 1. The van der Waals surface area contributed by atoms with Crippen LogP contribution in [0.2, 0.25) is 0 Å². The fourth-order valence-corrected chi connectivity index (χ4v) is 3.50. The summed E-state index contributed by atoms with van der Waals surface area (Å²) < 4.78 is 0. The molecule has 5 nitrogen and oxygen atoms in total. The standard InChI is InChI=1S/C20H29N5.C2H6/c1-15-9-18(25-20(21)10-15)11-17-13-23-14-19(17)24-8-7-22-12-16-5-3-2-4-6-16;1-2/h2-6,9-10,17,19,22-24H,7-8,11-14H2,1H3,(H2,21,25);1-2H3/t17-,19+;/m0./s1. The highest BCUT2D eigenvalue weighted by molar-refractivity contribution is 5.34. The molecule has 1 aromatic heterocycles. The maximum Gasteiger partial charge on any atom is 0.123 e. The molecule has 0 unspecified atom stereocenters. The molecule has 1 aromatic carbocycles. The van der Waals surface area contributed by atoms with Gasteiger partial charge in [-0.2, -0.15) is 0 Å². The third kappa shape index (κ3) is 7.29. The predicted octanol–water partition coefficient (Wildman–Crippen LogP) is 2.51. The van der Waals surface area contributed by atoms with Crippen molar-refractivity contribution < 1.29 is 0 Å². The summed E-state index contributed by atoms with van der Waals surface area (Å²) in [6, 6.07) is 15.1. The number of nitrogen functional groups attached to an aromatic ring is 1. The molecule has 27 heavy (non-hydrogen) atoms. The molecule has 5 N–H and O–H groups in total. The predicted molar refractivity (Wildman–Crippen MR) is 115 cm³/mol. The lowest BCUT2D eigenvalue weighted by atomic mass is 9.97. The SMILES string of the molecule is CC.Cc1cc(N)nc(C[C@H]2CNC[C@H]2NCCNCc2ccccc2)c1. The van der Waals surface area contributed by atoms with Gasteiger partial charge in [0.05, 0.1) is 0 Å². The van der Waals surface area contributed by atoms with Gasteiger partial charge in [0, 0.05) is 37.9 Å². The Hall–Kier alpha value is -1.95. The number of hydrogen-bond acceptors (Lipinski definition) is 5. The van der Waals surface area contributed by atoms with Crippen molar-refractivity contribution in [3.8, 4) is 0 Å². The molecule has 0 amide bonds. The van der Waals surface area contributed by atoms with Gasteiger partial charge in [-0.1, -0.05) is 44.2 Å². The number of nitrogens with one attached hydrogen (secondary N) is 3. The van der Waals surface area contributed by atoms with Crippen LogP contribution in [0.25, 0.3) is 0 Å². The molecule has 0 spiro atoms. The summed E-state index contributed by atoms with van der Waals surface area (Å²) in [6.07, 6.45) is 0.966. The smallest absolute Gasteiger partial charge is 0.123 e. The van der Waals surface area contributed by atoms with Crippen molar-refractivity contribution in [3.63, 3.8) is 0 Å². The number of hydrogen-bond donors (Lipinski definition) is 4. The third-order valence-electron chi connectivity index (χ3n) is 4.73. The number of anilines is 1. The van der Waals surface area contributed by atoms with Gasteiger partial charge in [-0.3, -0.25) is 0 Å². The van der Waals surface area contributed by atoms with Gasteiger partial charge in [0.1, 0.15) is 5.82 Å². The van der Waals surface area contributed by atoms with Gasteiger partial charge in [0.2, 0.25) is 0 Å². The zero-order valence-electron chi connectivity index (χ0n) is 17.0. The molecule has 148 valence electrons. The van der Waals surface area contributed by atoms with Crippen LogP contribution in [-0.2, 0) is 13.0 Å². The average molecular weight is 370 g/mol. The minimum atomic E-state index is 0.488. The van der Waals surface area contributed by atoms with Gasteiger partial charge >= 0.3 is 0 Å². The highest BCUT2D eigenvalue weighted by Crippen LogP contribution is 2.17. The number of nitrogens with zero attached hydrogens (tertiary/aromatic N) is 1. The second-order valence-electron chi connectivity index (χ2n) is 6.91. The highest BCUT2D eigenvalue weighted by atomic mass is 15.1. The molecule has 0 bridgehead atoms. The molecule has 2 aromatic rings. The monoisotopic (exact) mass is 369 g/mol. The lowest BCUT2D eigenvalue weighted by Gasteiger charge is -2.20. The Kier molecular flexibility index (Phi) is 9.25. The molecular formula is C22H35N5. The first kappa shape index (κ1) is 21.4. The van der Waals surface area contributed by atoms with Gasteiger partial charge in [-0.15, -0.1) is 0 Å². The summed E-state index contributed by atoms with van der Waals surface area (Å²) in [6.45, 7) is 11.0. The lowest BCUT2D eigenvalue weighted by molar-refractivity contribution is 0.419. The van der Waals surface area contributed by atoms with Crippen molar-refractivity contribution in [1.29, 1.82) is 0 Å². The molecule has 1 fully saturated rings. The second-order valence-corrected chi connectivity index (χ2v) is 6.91. The molecular weight excluding hydrogens is 334 g/mol. The van der Waals surface area contributed by atoms with Crippen LogP contribution in [-0.4, -0.2) is 37.2 Å².